The van der Waals surface area contributed by atoms with Crippen LogP contribution in [0, 0.1) is 0 Å². The third kappa shape index (κ3) is 4.19. The quantitative estimate of drug-likeness (QED) is 0.480. The number of aliphatic carboxylic acids is 1. The first-order chi connectivity index (χ1) is 15.9. The molecule has 1 saturated heterocycles. The molecule has 1 unspecified atom stereocenters. The Kier molecular flexibility index (Phi) is 5.99. The Labute approximate surface area is 203 Å². The third-order valence-electron chi connectivity index (χ3n) is 5.11. The molecule has 0 spiro atoms. The topological polar surface area (TPSA) is 117 Å². The number of amides is 2. The first-order valence-corrected chi connectivity index (χ1v) is 13.3. The summed E-state index contributed by atoms with van der Waals surface area (Å²) in [4.78, 5) is 55.4. The molecule has 12 heteroatoms. The molecule has 168 valence electrons. The summed E-state index contributed by atoms with van der Waals surface area (Å²) in [6.07, 6.45) is 0.0638. The number of benzene rings is 1. The fourth-order valence-electron chi connectivity index (χ4n) is 3.64. The number of hydrogen-bond acceptors (Lipinski definition) is 9. The van der Waals surface area contributed by atoms with Gasteiger partial charge in [-0.1, -0.05) is 23.9 Å². The summed E-state index contributed by atoms with van der Waals surface area (Å²) >= 11 is 5.37. The fourth-order valence-corrected chi connectivity index (χ4v) is 8.07. The van der Waals surface area contributed by atoms with Crippen LogP contribution in [0.15, 0.2) is 60.8 Å². The molecule has 33 heavy (non-hydrogen) atoms. The van der Waals surface area contributed by atoms with E-state index in [4.69, 9.17) is 0 Å². The number of carboxylic acid groups (broad SMARTS) is 1. The average Bonchev–Trinajstić information content (AvgIpc) is 3.30. The number of thioether (sulfide) groups is 2. The fraction of sp³-hybridized carbons (Fsp3) is 0.190. The van der Waals surface area contributed by atoms with Gasteiger partial charge in [-0.3, -0.25) is 19.3 Å². The average molecular weight is 518 g/mol. The summed E-state index contributed by atoms with van der Waals surface area (Å²) in [5, 5.41) is 14.5. The number of carboxylic acids is 1. The molecule has 2 amide bonds. The van der Waals surface area contributed by atoms with Gasteiger partial charge in [0.1, 0.15) is 17.1 Å². The Bertz CT molecular complexity index is 1370. The SMILES string of the molecule is O=C(Cc1cscn1)NC1C(=O)N2C(C(=O)O)=C(Sc3cc(=O)c4ccccc4s3)CS[C@@H]12. The lowest BCUT2D eigenvalue weighted by atomic mass is 10.0. The molecule has 1 fully saturated rings. The second-order valence-electron chi connectivity index (χ2n) is 7.22. The minimum absolute atomic E-state index is 0.0638. The zero-order valence-electron chi connectivity index (χ0n) is 16.7. The van der Waals surface area contributed by atoms with Gasteiger partial charge in [0.05, 0.1) is 21.8 Å². The minimum atomic E-state index is -1.21. The van der Waals surface area contributed by atoms with Crippen molar-refractivity contribution in [2.75, 3.05) is 5.75 Å². The van der Waals surface area contributed by atoms with Gasteiger partial charge in [0, 0.05) is 32.2 Å². The number of nitrogens with one attached hydrogen (secondary N) is 1. The van der Waals surface area contributed by atoms with E-state index in [0.717, 1.165) is 4.70 Å². The number of carbonyl (C=O) groups excluding carboxylic acids is 2. The lowest BCUT2D eigenvalue weighted by Gasteiger charge is -2.49. The molecule has 8 nitrogen and oxygen atoms in total. The Hall–Kier alpha value is -2.67. The van der Waals surface area contributed by atoms with Gasteiger partial charge in [-0.2, -0.15) is 0 Å². The van der Waals surface area contributed by atoms with E-state index in [1.54, 1.807) is 23.0 Å². The number of rotatable bonds is 6. The van der Waals surface area contributed by atoms with E-state index in [9.17, 15) is 24.3 Å². The summed E-state index contributed by atoms with van der Waals surface area (Å²) in [6.45, 7) is 0. The van der Waals surface area contributed by atoms with E-state index in [-0.39, 0.29) is 23.5 Å². The Morgan fingerprint density at radius 3 is 2.85 bits per heavy atom. The van der Waals surface area contributed by atoms with Crippen LogP contribution < -0.4 is 10.7 Å². The van der Waals surface area contributed by atoms with Crippen molar-refractivity contribution < 1.29 is 19.5 Å². The van der Waals surface area contributed by atoms with E-state index in [2.05, 4.69) is 10.3 Å². The zero-order valence-corrected chi connectivity index (χ0v) is 20.0. The molecule has 2 aliphatic rings. The van der Waals surface area contributed by atoms with Crippen LogP contribution in [0.2, 0.25) is 0 Å². The summed E-state index contributed by atoms with van der Waals surface area (Å²) in [5.41, 5.74) is 2.03. The smallest absolute Gasteiger partial charge is 0.353 e. The van der Waals surface area contributed by atoms with Crippen molar-refractivity contribution in [1.29, 1.82) is 0 Å². The van der Waals surface area contributed by atoms with E-state index in [1.165, 1.54) is 57.2 Å². The van der Waals surface area contributed by atoms with Crippen molar-refractivity contribution in [3.05, 3.63) is 67.7 Å². The Morgan fingerprint density at radius 2 is 2.09 bits per heavy atom. The number of carbonyl (C=O) groups is 3. The monoisotopic (exact) mass is 517 g/mol. The highest BCUT2D eigenvalue weighted by atomic mass is 32.2. The second-order valence-corrected chi connectivity index (χ2v) is 11.5. The highest BCUT2D eigenvalue weighted by molar-refractivity contribution is 8.07. The van der Waals surface area contributed by atoms with E-state index in [0.29, 0.717) is 25.9 Å². The molecule has 2 aliphatic heterocycles. The molecular weight excluding hydrogens is 503 g/mol. The molecule has 1 aromatic carbocycles. The van der Waals surface area contributed by atoms with Crippen LogP contribution in [0.5, 0.6) is 0 Å². The van der Waals surface area contributed by atoms with Crippen LogP contribution in [-0.2, 0) is 20.8 Å². The third-order valence-corrected chi connectivity index (χ3v) is 9.51. The summed E-state index contributed by atoms with van der Waals surface area (Å²) in [7, 11) is 0. The zero-order chi connectivity index (χ0) is 23.1. The molecule has 0 bridgehead atoms. The van der Waals surface area contributed by atoms with Gasteiger partial charge in [0.15, 0.2) is 5.43 Å². The number of thiazole rings is 1. The molecule has 2 N–H and O–H groups in total. The summed E-state index contributed by atoms with van der Waals surface area (Å²) < 4.78 is 1.47. The van der Waals surface area contributed by atoms with E-state index in [1.807, 2.05) is 12.1 Å². The van der Waals surface area contributed by atoms with Crippen LogP contribution >= 0.6 is 46.2 Å². The maximum Gasteiger partial charge on any atom is 0.353 e. The van der Waals surface area contributed by atoms with Gasteiger partial charge in [-0.15, -0.1) is 34.4 Å². The van der Waals surface area contributed by atoms with Crippen molar-refractivity contribution in [2.45, 2.75) is 22.0 Å². The van der Waals surface area contributed by atoms with Crippen LogP contribution in [0.4, 0.5) is 0 Å². The number of fused-ring (bicyclic) bond motifs is 2. The molecule has 0 saturated carbocycles. The highest BCUT2D eigenvalue weighted by Gasteiger charge is 2.54. The van der Waals surface area contributed by atoms with Crippen molar-refractivity contribution in [3.63, 3.8) is 0 Å². The molecule has 0 aliphatic carbocycles. The second kappa shape index (κ2) is 8.93. The Morgan fingerprint density at radius 1 is 1.27 bits per heavy atom. The van der Waals surface area contributed by atoms with Gasteiger partial charge in [-0.05, 0) is 12.1 Å². The first kappa shape index (κ1) is 22.1. The molecule has 0 radical (unpaired) electrons. The highest BCUT2D eigenvalue weighted by Crippen LogP contribution is 2.46. The van der Waals surface area contributed by atoms with Gasteiger partial charge in [-0.25, -0.2) is 9.78 Å². The molecule has 2 atom stereocenters. The van der Waals surface area contributed by atoms with Crippen molar-refractivity contribution in [3.8, 4) is 0 Å². The minimum Gasteiger partial charge on any atom is -0.477 e. The van der Waals surface area contributed by atoms with E-state index < -0.39 is 23.3 Å². The van der Waals surface area contributed by atoms with Crippen molar-refractivity contribution in [2.24, 2.45) is 0 Å². The van der Waals surface area contributed by atoms with Gasteiger partial charge < -0.3 is 10.4 Å². The number of β-lactam (4-membered cyclic amide) rings is 1. The van der Waals surface area contributed by atoms with Crippen molar-refractivity contribution >= 4 is 74.1 Å². The van der Waals surface area contributed by atoms with Crippen LogP contribution in [0.3, 0.4) is 0 Å². The predicted molar refractivity (Wildman–Crippen MR) is 129 cm³/mol. The summed E-state index contributed by atoms with van der Waals surface area (Å²) in [6, 6.07) is 7.97. The summed E-state index contributed by atoms with van der Waals surface area (Å²) in [5.74, 6) is -1.65. The van der Waals surface area contributed by atoms with Gasteiger partial charge in [0.2, 0.25) is 5.91 Å². The predicted octanol–water partition coefficient (Wildman–Crippen LogP) is 2.75. The largest absolute Gasteiger partial charge is 0.477 e. The first-order valence-electron chi connectivity index (χ1n) is 9.70. The molecule has 4 heterocycles. The molecule has 5 rings (SSSR count). The molecule has 3 aromatic rings. The van der Waals surface area contributed by atoms with Crippen LogP contribution in [-0.4, -0.2) is 49.9 Å². The lowest BCUT2D eigenvalue weighted by Crippen LogP contribution is -2.70. The molecular formula is C21H15N3O5S4. The number of nitrogens with zero attached hydrogens (tertiary/aromatic N) is 2. The van der Waals surface area contributed by atoms with E-state index >= 15 is 0 Å². The Balaban J connectivity index is 1.37. The number of aromatic nitrogens is 1. The lowest BCUT2D eigenvalue weighted by molar-refractivity contribution is -0.150. The maximum atomic E-state index is 12.8. The van der Waals surface area contributed by atoms with Crippen molar-refractivity contribution in [1.82, 2.24) is 15.2 Å². The van der Waals surface area contributed by atoms with Gasteiger partial charge in [0.25, 0.3) is 5.91 Å². The van der Waals surface area contributed by atoms with Gasteiger partial charge >= 0.3 is 5.97 Å². The van der Waals surface area contributed by atoms with Crippen LogP contribution in [0.1, 0.15) is 5.69 Å². The maximum absolute atomic E-state index is 12.8. The molecule has 2 aromatic heterocycles. The normalized spacial score (nSPS) is 19.9. The number of hydrogen-bond donors (Lipinski definition) is 2. The van der Waals surface area contributed by atoms with Crippen LogP contribution in [0.25, 0.3) is 10.1 Å². The standard InChI is InChI=1S/C21H15N3O5S4/c25-12-6-16(32-13-4-2-1-3-11(12)13)33-14-8-31-20-17(19(27)24(20)18(14)21(28)29)23-15(26)5-10-7-30-9-22-10/h1-4,6-7,9,17,20H,5,8H2,(H,23,26)(H,28,29)/t17?,20-/m0/s1.